The Bertz CT molecular complexity index is 1500. The summed E-state index contributed by atoms with van der Waals surface area (Å²) < 4.78 is 27.9. The van der Waals surface area contributed by atoms with Gasteiger partial charge in [0.1, 0.15) is 0 Å². The highest BCUT2D eigenvalue weighted by Gasteiger charge is 2.27. The highest BCUT2D eigenvalue weighted by molar-refractivity contribution is 7.89. The number of carbonyl (C=O) groups excluding carboxylic acids is 1. The molecule has 4 rings (SSSR count). The molecule has 37 heavy (non-hydrogen) atoms. The number of halogens is 3. The standard InChI is InChI=1S/C26H23Cl3N4O3S/c27-19-3-1-18(2-4-19)16-33(37(35,36)22-8-5-20(28)6-9-22)17-26(34)32-14-13-31-24-11-12-30-25-15-21(29)7-10-23(24)25/h1-12,15H,13-14,16-17H2,(H,30,31)(H,32,34). The normalized spacial score (nSPS) is 11.6. The van der Waals surface area contributed by atoms with E-state index >= 15 is 0 Å². The van der Waals surface area contributed by atoms with E-state index in [0.717, 1.165) is 20.9 Å². The molecule has 2 N–H and O–H groups in total. The SMILES string of the molecule is O=C(CN(Cc1ccc(Cl)cc1)S(=O)(=O)c1ccc(Cl)cc1)NCCNc1ccnc2cc(Cl)ccc12. The molecule has 7 nitrogen and oxygen atoms in total. The highest BCUT2D eigenvalue weighted by Crippen LogP contribution is 2.24. The van der Waals surface area contributed by atoms with Crippen LogP contribution in [0.1, 0.15) is 5.56 Å². The van der Waals surface area contributed by atoms with Crippen LogP contribution in [0.15, 0.2) is 83.9 Å². The zero-order valence-electron chi connectivity index (χ0n) is 19.5. The Hall–Kier alpha value is -2.88. The highest BCUT2D eigenvalue weighted by atomic mass is 35.5. The van der Waals surface area contributed by atoms with Crippen LogP contribution in [-0.4, -0.2) is 43.2 Å². The number of amides is 1. The fraction of sp³-hybridized carbons (Fsp3) is 0.154. The number of benzene rings is 3. The number of pyridine rings is 1. The van der Waals surface area contributed by atoms with Crippen molar-refractivity contribution in [2.24, 2.45) is 0 Å². The molecule has 0 aliphatic heterocycles. The van der Waals surface area contributed by atoms with Crippen LogP contribution in [-0.2, 0) is 21.4 Å². The van der Waals surface area contributed by atoms with Gasteiger partial charge in [-0.05, 0) is 66.2 Å². The molecule has 192 valence electrons. The molecular formula is C26H23Cl3N4O3S. The van der Waals surface area contributed by atoms with Crippen LogP contribution in [0.3, 0.4) is 0 Å². The van der Waals surface area contributed by atoms with Gasteiger partial charge >= 0.3 is 0 Å². The minimum Gasteiger partial charge on any atom is -0.383 e. The van der Waals surface area contributed by atoms with E-state index < -0.39 is 15.9 Å². The molecule has 0 spiro atoms. The Morgan fingerprint density at radius 2 is 1.49 bits per heavy atom. The van der Waals surface area contributed by atoms with Crippen molar-refractivity contribution < 1.29 is 13.2 Å². The number of aromatic nitrogens is 1. The summed E-state index contributed by atoms with van der Waals surface area (Å²) in [6, 6.07) is 19.9. The summed E-state index contributed by atoms with van der Waals surface area (Å²) in [7, 11) is -3.98. The number of nitrogens with zero attached hydrogens (tertiary/aromatic N) is 2. The first-order valence-electron chi connectivity index (χ1n) is 11.3. The van der Waals surface area contributed by atoms with Gasteiger partial charge < -0.3 is 10.6 Å². The maximum absolute atomic E-state index is 13.4. The molecule has 4 aromatic rings. The summed E-state index contributed by atoms with van der Waals surface area (Å²) in [6.07, 6.45) is 1.68. The number of hydrogen-bond acceptors (Lipinski definition) is 5. The average Bonchev–Trinajstić information content (AvgIpc) is 2.87. The molecule has 0 saturated heterocycles. The Balaban J connectivity index is 1.41. The number of fused-ring (bicyclic) bond motifs is 1. The van der Waals surface area contributed by atoms with E-state index in [0.29, 0.717) is 27.2 Å². The number of carbonyl (C=O) groups is 1. The maximum Gasteiger partial charge on any atom is 0.243 e. The summed E-state index contributed by atoms with van der Waals surface area (Å²) in [5, 5.41) is 8.50. The van der Waals surface area contributed by atoms with Gasteiger partial charge in [-0.2, -0.15) is 4.31 Å². The molecule has 0 aliphatic carbocycles. The first-order valence-corrected chi connectivity index (χ1v) is 13.8. The lowest BCUT2D eigenvalue weighted by molar-refractivity contribution is -0.121. The molecular weight excluding hydrogens is 555 g/mol. The minimum atomic E-state index is -3.98. The van der Waals surface area contributed by atoms with Crippen molar-refractivity contribution in [1.29, 1.82) is 0 Å². The van der Waals surface area contributed by atoms with Crippen LogP contribution >= 0.6 is 34.8 Å². The first kappa shape index (κ1) is 27.2. The lowest BCUT2D eigenvalue weighted by atomic mass is 10.2. The molecule has 0 radical (unpaired) electrons. The molecule has 1 heterocycles. The fourth-order valence-corrected chi connectivity index (χ4v) is 5.47. The van der Waals surface area contributed by atoms with E-state index in [1.165, 1.54) is 24.3 Å². The Labute approximate surface area is 230 Å². The van der Waals surface area contributed by atoms with E-state index in [1.807, 2.05) is 12.1 Å². The molecule has 0 bridgehead atoms. The van der Waals surface area contributed by atoms with Crippen molar-refractivity contribution in [1.82, 2.24) is 14.6 Å². The van der Waals surface area contributed by atoms with Gasteiger partial charge in [-0.25, -0.2) is 8.42 Å². The van der Waals surface area contributed by atoms with Crippen LogP contribution in [0, 0.1) is 0 Å². The number of sulfonamides is 1. The third-order valence-electron chi connectivity index (χ3n) is 5.51. The number of anilines is 1. The lowest BCUT2D eigenvalue weighted by Crippen LogP contribution is -2.41. The second-order valence-electron chi connectivity index (χ2n) is 8.15. The zero-order chi connectivity index (χ0) is 26.4. The van der Waals surface area contributed by atoms with E-state index in [1.54, 1.807) is 42.6 Å². The van der Waals surface area contributed by atoms with Crippen molar-refractivity contribution in [3.05, 3.63) is 99.6 Å². The molecule has 1 aromatic heterocycles. The predicted molar refractivity (Wildman–Crippen MR) is 149 cm³/mol. The number of hydrogen-bond donors (Lipinski definition) is 2. The van der Waals surface area contributed by atoms with Gasteiger partial charge in [0.15, 0.2) is 0 Å². The van der Waals surface area contributed by atoms with Gasteiger partial charge in [0.05, 0.1) is 17.0 Å². The van der Waals surface area contributed by atoms with Gasteiger partial charge in [0, 0.05) is 52.0 Å². The molecule has 0 fully saturated rings. The summed E-state index contributed by atoms with van der Waals surface area (Å²) in [4.78, 5) is 17.1. The summed E-state index contributed by atoms with van der Waals surface area (Å²) in [5.41, 5.74) is 2.30. The molecule has 0 saturated carbocycles. The number of rotatable bonds is 10. The molecule has 0 aliphatic rings. The van der Waals surface area contributed by atoms with Crippen LogP contribution < -0.4 is 10.6 Å². The largest absolute Gasteiger partial charge is 0.383 e. The smallest absolute Gasteiger partial charge is 0.243 e. The van der Waals surface area contributed by atoms with E-state index in [-0.39, 0.29) is 24.5 Å². The Kier molecular flexibility index (Phi) is 8.89. The second-order valence-corrected chi connectivity index (χ2v) is 11.4. The quantitative estimate of drug-likeness (QED) is 0.239. The Morgan fingerprint density at radius 1 is 0.838 bits per heavy atom. The molecule has 1 amide bonds. The monoisotopic (exact) mass is 576 g/mol. The predicted octanol–water partition coefficient (Wildman–Crippen LogP) is 5.61. The van der Waals surface area contributed by atoms with Crippen LogP contribution in [0.2, 0.25) is 15.1 Å². The molecule has 11 heteroatoms. The second kappa shape index (κ2) is 12.1. The van der Waals surface area contributed by atoms with Gasteiger partial charge in [-0.3, -0.25) is 9.78 Å². The van der Waals surface area contributed by atoms with E-state index in [2.05, 4.69) is 15.6 Å². The summed E-state index contributed by atoms with van der Waals surface area (Å²) in [6.45, 7) is 0.351. The topological polar surface area (TPSA) is 91.4 Å². The van der Waals surface area contributed by atoms with Gasteiger partial charge in [0.2, 0.25) is 15.9 Å². The summed E-state index contributed by atoms with van der Waals surface area (Å²) >= 11 is 17.9. The van der Waals surface area contributed by atoms with Crippen LogP contribution in [0.25, 0.3) is 10.9 Å². The van der Waals surface area contributed by atoms with Crippen molar-refractivity contribution in [2.75, 3.05) is 25.0 Å². The third-order valence-corrected chi connectivity index (χ3v) is 8.06. The van der Waals surface area contributed by atoms with Crippen LogP contribution in [0.4, 0.5) is 5.69 Å². The van der Waals surface area contributed by atoms with Crippen molar-refractivity contribution in [3.63, 3.8) is 0 Å². The van der Waals surface area contributed by atoms with Gasteiger partial charge in [0.25, 0.3) is 0 Å². The van der Waals surface area contributed by atoms with Crippen LogP contribution in [0.5, 0.6) is 0 Å². The van der Waals surface area contributed by atoms with Gasteiger partial charge in [-0.15, -0.1) is 0 Å². The molecule has 0 unspecified atom stereocenters. The molecule has 3 aromatic carbocycles. The minimum absolute atomic E-state index is 0.000632. The maximum atomic E-state index is 13.4. The fourth-order valence-electron chi connectivity index (χ4n) is 3.67. The van der Waals surface area contributed by atoms with E-state index in [9.17, 15) is 13.2 Å². The van der Waals surface area contributed by atoms with E-state index in [4.69, 9.17) is 34.8 Å². The van der Waals surface area contributed by atoms with Crippen molar-refractivity contribution >= 4 is 67.3 Å². The average molecular weight is 578 g/mol. The molecule has 0 atom stereocenters. The third kappa shape index (κ3) is 7.12. The Morgan fingerprint density at radius 3 is 2.19 bits per heavy atom. The van der Waals surface area contributed by atoms with Crippen molar-refractivity contribution in [3.8, 4) is 0 Å². The van der Waals surface area contributed by atoms with Crippen molar-refractivity contribution in [2.45, 2.75) is 11.4 Å². The number of nitrogens with one attached hydrogen (secondary N) is 2. The zero-order valence-corrected chi connectivity index (χ0v) is 22.6. The lowest BCUT2D eigenvalue weighted by Gasteiger charge is -2.22. The summed E-state index contributed by atoms with van der Waals surface area (Å²) in [5.74, 6) is -0.431. The first-order chi connectivity index (χ1) is 17.7. The van der Waals surface area contributed by atoms with Gasteiger partial charge in [-0.1, -0.05) is 46.9 Å².